The molecule has 4 rings (SSSR count). The van der Waals surface area contributed by atoms with Gasteiger partial charge < -0.3 is 23.4 Å². The van der Waals surface area contributed by atoms with Gasteiger partial charge in [0.2, 0.25) is 8.32 Å². The van der Waals surface area contributed by atoms with Crippen LogP contribution in [0.5, 0.6) is 0 Å². The second kappa shape index (κ2) is 13.3. The molecule has 2 heterocycles. The van der Waals surface area contributed by atoms with Gasteiger partial charge in [-0.05, 0) is 44.9 Å². The fourth-order valence-corrected chi connectivity index (χ4v) is 18.2. The van der Waals surface area contributed by atoms with Crippen LogP contribution in [0.3, 0.4) is 0 Å². The van der Waals surface area contributed by atoms with Crippen molar-refractivity contribution >= 4 is 27.0 Å². The molecule has 7 heteroatoms. The number of hydrogen-bond donors (Lipinski definition) is 1. The lowest BCUT2D eigenvalue weighted by Gasteiger charge is -2.51. The van der Waals surface area contributed by atoms with Crippen LogP contribution in [-0.2, 0) is 18.3 Å². The van der Waals surface area contributed by atoms with Crippen LogP contribution < -0.4 is 10.4 Å². The molecule has 2 aliphatic heterocycles. The third-order valence-corrected chi connectivity index (χ3v) is 21.1. The van der Waals surface area contributed by atoms with Crippen LogP contribution in [0.2, 0.25) is 21.7 Å². The summed E-state index contributed by atoms with van der Waals surface area (Å²) in [5.41, 5.74) is 1.31. The SMILES string of the molecule is CC(C)[Si](O[C@H]1C[C@@H](CCO[Si](c2ccccc2)(c2ccccc2)C(C)(C)C)O[C@]2(CCCO2)[C@@H]1O)(C(C)C)C(C)C. The Morgan fingerprint density at radius 2 is 1.40 bits per heavy atom. The lowest BCUT2D eigenvalue weighted by atomic mass is 9.92. The maximum atomic E-state index is 11.7. The summed E-state index contributed by atoms with van der Waals surface area (Å²) in [6, 6.07) is 21.6. The molecule has 0 aromatic heterocycles. The van der Waals surface area contributed by atoms with Gasteiger partial charge in [0.05, 0.1) is 18.8 Å². The third kappa shape index (κ3) is 6.26. The molecule has 0 saturated carbocycles. The van der Waals surface area contributed by atoms with Crippen LogP contribution in [0.25, 0.3) is 0 Å². The second-order valence-electron chi connectivity index (χ2n) is 14.5. The molecule has 5 nitrogen and oxygen atoms in total. The van der Waals surface area contributed by atoms with Gasteiger partial charge in [-0.1, -0.05) is 123 Å². The first kappa shape index (κ1) is 33.6. The number of aliphatic hydroxyl groups excluding tert-OH is 1. The van der Waals surface area contributed by atoms with Gasteiger partial charge >= 0.3 is 0 Å². The highest BCUT2D eigenvalue weighted by Crippen LogP contribution is 2.47. The summed E-state index contributed by atoms with van der Waals surface area (Å²) < 4.78 is 27.4. The third-order valence-electron chi connectivity index (χ3n) is 9.92. The molecule has 0 radical (unpaired) electrons. The first-order valence-electron chi connectivity index (χ1n) is 16.2. The summed E-state index contributed by atoms with van der Waals surface area (Å²) >= 11 is 0. The van der Waals surface area contributed by atoms with Crippen LogP contribution in [-0.4, -0.2) is 59.1 Å². The zero-order valence-corrected chi connectivity index (χ0v) is 29.6. The van der Waals surface area contributed by atoms with Crippen molar-refractivity contribution in [2.24, 2.45) is 0 Å². The zero-order valence-electron chi connectivity index (χ0n) is 27.6. The van der Waals surface area contributed by atoms with Crippen LogP contribution in [0, 0.1) is 0 Å². The van der Waals surface area contributed by atoms with Gasteiger partial charge in [0.25, 0.3) is 8.32 Å². The number of ether oxygens (including phenoxy) is 2. The first-order valence-corrected chi connectivity index (χ1v) is 20.3. The molecule has 234 valence electrons. The van der Waals surface area contributed by atoms with Crippen LogP contribution >= 0.6 is 0 Å². The Morgan fingerprint density at radius 3 is 1.83 bits per heavy atom. The van der Waals surface area contributed by atoms with Crippen molar-refractivity contribution in [3.8, 4) is 0 Å². The van der Waals surface area contributed by atoms with Crippen molar-refractivity contribution in [2.75, 3.05) is 13.2 Å². The summed E-state index contributed by atoms with van der Waals surface area (Å²) in [6.45, 7) is 21.9. The largest absolute Gasteiger partial charge is 0.410 e. The molecule has 1 spiro atoms. The van der Waals surface area contributed by atoms with Gasteiger partial charge in [0, 0.05) is 19.4 Å². The van der Waals surface area contributed by atoms with E-state index in [1.807, 2.05) is 0 Å². The molecule has 0 aliphatic carbocycles. The minimum atomic E-state index is -2.65. The zero-order chi connectivity index (χ0) is 30.8. The van der Waals surface area contributed by atoms with E-state index in [1.54, 1.807) is 0 Å². The minimum Gasteiger partial charge on any atom is -0.410 e. The number of rotatable bonds is 11. The highest BCUT2D eigenvalue weighted by Gasteiger charge is 2.57. The number of hydrogen-bond acceptors (Lipinski definition) is 5. The number of aliphatic hydroxyl groups is 1. The van der Waals surface area contributed by atoms with E-state index in [0.29, 0.717) is 42.7 Å². The Bertz CT molecular complexity index is 1050. The molecule has 2 aromatic carbocycles. The first-order chi connectivity index (χ1) is 19.8. The second-order valence-corrected chi connectivity index (χ2v) is 24.2. The maximum Gasteiger partial charge on any atom is 0.261 e. The van der Waals surface area contributed by atoms with Crippen LogP contribution in [0.4, 0.5) is 0 Å². The van der Waals surface area contributed by atoms with Crippen molar-refractivity contribution in [2.45, 2.75) is 134 Å². The van der Waals surface area contributed by atoms with Crippen LogP contribution in [0.15, 0.2) is 60.7 Å². The molecular weight excluding hydrogens is 557 g/mol. The maximum absolute atomic E-state index is 11.7. The Kier molecular flexibility index (Phi) is 10.7. The van der Waals surface area contributed by atoms with E-state index in [9.17, 15) is 5.11 Å². The Labute approximate surface area is 257 Å². The summed E-state index contributed by atoms with van der Waals surface area (Å²) in [5.74, 6) is -0.990. The highest BCUT2D eigenvalue weighted by atomic mass is 28.4. The summed E-state index contributed by atoms with van der Waals surface area (Å²) in [7, 11) is -4.87. The van der Waals surface area contributed by atoms with Gasteiger partial charge in [-0.2, -0.15) is 0 Å². The van der Waals surface area contributed by atoms with Gasteiger partial charge in [-0.3, -0.25) is 0 Å². The van der Waals surface area contributed by atoms with E-state index in [4.69, 9.17) is 18.3 Å². The average Bonchev–Trinajstić information content (AvgIpc) is 3.41. The molecule has 2 aliphatic rings. The van der Waals surface area contributed by atoms with Gasteiger partial charge in [0.1, 0.15) is 6.10 Å². The standard InChI is InChI=1S/C35H56O5Si2/c1-26(2)41(27(3)4,28(5)6)40-32-25-29(39-35(33(32)36)22-16-23-37-35)21-24-38-42(34(7,8)9,30-17-12-10-13-18-30)31-19-14-11-15-20-31/h10-15,17-20,26-29,32-33,36H,16,21-25H2,1-9H3/t29-,32+,33-,35-/m1/s1. The van der Waals surface area contributed by atoms with E-state index in [2.05, 4.69) is 123 Å². The lowest BCUT2D eigenvalue weighted by molar-refractivity contribution is -0.322. The molecule has 2 saturated heterocycles. The quantitative estimate of drug-likeness (QED) is 0.273. The van der Waals surface area contributed by atoms with Gasteiger partial charge in [-0.15, -0.1) is 0 Å². The summed E-state index contributed by atoms with van der Waals surface area (Å²) in [4.78, 5) is 0. The van der Waals surface area contributed by atoms with Crippen molar-refractivity contribution < 1.29 is 23.4 Å². The van der Waals surface area contributed by atoms with E-state index in [1.165, 1.54) is 10.4 Å². The fourth-order valence-electron chi connectivity index (χ4n) is 8.10. The number of benzene rings is 2. The topological polar surface area (TPSA) is 57.2 Å². The molecule has 0 amide bonds. The Hall–Kier alpha value is -1.33. The molecule has 1 N–H and O–H groups in total. The van der Waals surface area contributed by atoms with Crippen molar-refractivity contribution in [1.82, 2.24) is 0 Å². The molecule has 42 heavy (non-hydrogen) atoms. The summed E-state index contributed by atoms with van der Waals surface area (Å²) in [6.07, 6.45) is 1.73. The molecule has 0 bridgehead atoms. The Balaban J connectivity index is 1.62. The van der Waals surface area contributed by atoms with Gasteiger partial charge in [0.15, 0.2) is 5.79 Å². The molecule has 0 unspecified atom stereocenters. The van der Waals surface area contributed by atoms with Crippen LogP contribution in [0.1, 0.15) is 88.0 Å². The normalized spacial score (nSPS) is 25.7. The van der Waals surface area contributed by atoms with E-state index >= 15 is 0 Å². The van der Waals surface area contributed by atoms with Crippen molar-refractivity contribution in [3.05, 3.63) is 60.7 Å². The van der Waals surface area contributed by atoms with Gasteiger partial charge in [-0.25, -0.2) is 0 Å². The molecule has 2 fully saturated rings. The van der Waals surface area contributed by atoms with E-state index < -0.39 is 28.5 Å². The molecule has 2 aromatic rings. The van der Waals surface area contributed by atoms with E-state index in [-0.39, 0.29) is 17.2 Å². The summed E-state index contributed by atoms with van der Waals surface area (Å²) in [5, 5.41) is 14.2. The molecular formula is C35H56O5Si2. The minimum absolute atomic E-state index is 0.0856. The fraction of sp³-hybridized carbons (Fsp3) is 0.657. The average molecular weight is 613 g/mol. The van der Waals surface area contributed by atoms with Crippen molar-refractivity contribution in [1.29, 1.82) is 0 Å². The molecule has 4 atom stereocenters. The monoisotopic (exact) mass is 612 g/mol. The van der Waals surface area contributed by atoms with E-state index in [0.717, 1.165) is 12.8 Å². The highest BCUT2D eigenvalue weighted by molar-refractivity contribution is 6.99. The van der Waals surface area contributed by atoms with Crippen molar-refractivity contribution in [3.63, 3.8) is 0 Å². The predicted octanol–water partition coefficient (Wildman–Crippen LogP) is 7.17. The smallest absolute Gasteiger partial charge is 0.261 e. The lowest BCUT2D eigenvalue weighted by Crippen LogP contribution is -2.67. The predicted molar refractivity (Wildman–Crippen MR) is 178 cm³/mol. The Morgan fingerprint density at radius 1 is 0.881 bits per heavy atom.